The molecule has 108 valence electrons. The van der Waals surface area contributed by atoms with Crippen molar-refractivity contribution >= 4 is 29.1 Å². The van der Waals surface area contributed by atoms with Crippen molar-refractivity contribution in [2.75, 3.05) is 11.9 Å². The number of nitrogens with zero attached hydrogens (tertiary/aromatic N) is 2. The Balaban J connectivity index is 2.18. The summed E-state index contributed by atoms with van der Waals surface area (Å²) in [6.45, 7) is 0.123. The SMILES string of the molecule is O=C(O)C1(CNc2ncc(Cl)cc2[N+](=O)[O-])CCCC1. The number of anilines is 1. The molecule has 0 saturated heterocycles. The fraction of sp³-hybridized carbons (Fsp3) is 0.500. The van der Waals surface area contributed by atoms with Gasteiger partial charge in [-0.1, -0.05) is 24.4 Å². The molecule has 8 heteroatoms. The fourth-order valence-corrected chi connectivity index (χ4v) is 2.63. The van der Waals surface area contributed by atoms with Gasteiger partial charge in [-0.05, 0) is 12.8 Å². The molecule has 0 spiro atoms. The van der Waals surface area contributed by atoms with E-state index in [-0.39, 0.29) is 23.1 Å². The topological polar surface area (TPSA) is 105 Å². The Bertz CT molecular complexity index is 544. The second-order valence-corrected chi connectivity index (χ2v) is 5.36. The maximum Gasteiger partial charge on any atom is 0.312 e. The average Bonchev–Trinajstić information content (AvgIpc) is 2.87. The van der Waals surface area contributed by atoms with Gasteiger partial charge in [-0.3, -0.25) is 14.9 Å². The zero-order chi connectivity index (χ0) is 14.8. The van der Waals surface area contributed by atoms with Gasteiger partial charge in [-0.2, -0.15) is 0 Å². The largest absolute Gasteiger partial charge is 0.481 e. The molecular formula is C12H14ClN3O4. The minimum absolute atomic E-state index is 0.0481. The van der Waals surface area contributed by atoms with E-state index in [4.69, 9.17) is 11.6 Å². The Hall–Kier alpha value is -1.89. The lowest BCUT2D eigenvalue weighted by Crippen LogP contribution is -2.35. The monoisotopic (exact) mass is 299 g/mol. The molecule has 1 aliphatic rings. The van der Waals surface area contributed by atoms with Crippen LogP contribution in [0.5, 0.6) is 0 Å². The third-order valence-electron chi connectivity index (χ3n) is 3.64. The molecule has 0 aromatic carbocycles. The number of halogens is 1. The first kappa shape index (κ1) is 14.5. The van der Waals surface area contributed by atoms with Crippen molar-refractivity contribution in [3.05, 3.63) is 27.4 Å². The van der Waals surface area contributed by atoms with Crippen molar-refractivity contribution in [3.8, 4) is 0 Å². The number of carboxylic acids is 1. The van der Waals surface area contributed by atoms with Crippen LogP contribution < -0.4 is 5.32 Å². The molecule has 0 bridgehead atoms. The summed E-state index contributed by atoms with van der Waals surface area (Å²) >= 11 is 5.68. The first-order chi connectivity index (χ1) is 9.44. The Kier molecular flexibility index (Phi) is 4.08. The van der Waals surface area contributed by atoms with Gasteiger partial charge in [0.05, 0.1) is 15.4 Å². The number of nitrogens with one attached hydrogen (secondary N) is 1. The number of aromatic nitrogens is 1. The molecule has 1 saturated carbocycles. The van der Waals surface area contributed by atoms with E-state index < -0.39 is 16.3 Å². The van der Waals surface area contributed by atoms with Crippen LogP contribution in [0, 0.1) is 15.5 Å². The third kappa shape index (κ3) is 2.82. The van der Waals surface area contributed by atoms with E-state index in [2.05, 4.69) is 10.3 Å². The molecule has 0 radical (unpaired) electrons. The van der Waals surface area contributed by atoms with Gasteiger partial charge < -0.3 is 10.4 Å². The summed E-state index contributed by atoms with van der Waals surface area (Å²) in [7, 11) is 0. The molecule has 0 unspecified atom stereocenters. The Morgan fingerprint density at radius 1 is 1.55 bits per heavy atom. The Morgan fingerprint density at radius 3 is 2.75 bits per heavy atom. The van der Waals surface area contributed by atoms with Gasteiger partial charge >= 0.3 is 11.7 Å². The van der Waals surface area contributed by atoms with Crippen LogP contribution in [0.1, 0.15) is 25.7 Å². The molecule has 1 aromatic rings. The summed E-state index contributed by atoms with van der Waals surface area (Å²) in [5.74, 6) is -0.828. The molecule has 0 aliphatic heterocycles. The number of carbonyl (C=O) groups is 1. The van der Waals surface area contributed by atoms with Crippen LogP contribution >= 0.6 is 11.6 Å². The summed E-state index contributed by atoms with van der Waals surface area (Å²) in [5.41, 5.74) is -1.12. The molecule has 1 heterocycles. The van der Waals surface area contributed by atoms with E-state index in [1.807, 2.05) is 0 Å². The molecule has 1 aromatic heterocycles. The lowest BCUT2D eigenvalue weighted by Gasteiger charge is -2.24. The van der Waals surface area contributed by atoms with Crippen LogP contribution in [0.4, 0.5) is 11.5 Å². The summed E-state index contributed by atoms with van der Waals surface area (Å²) in [6, 6.07) is 1.19. The summed E-state index contributed by atoms with van der Waals surface area (Å²) in [4.78, 5) is 25.6. The van der Waals surface area contributed by atoms with E-state index in [0.29, 0.717) is 12.8 Å². The highest BCUT2D eigenvalue weighted by Crippen LogP contribution is 2.39. The van der Waals surface area contributed by atoms with Crippen molar-refractivity contribution in [3.63, 3.8) is 0 Å². The number of pyridine rings is 1. The van der Waals surface area contributed by atoms with Crippen molar-refractivity contribution < 1.29 is 14.8 Å². The minimum atomic E-state index is -0.876. The molecule has 0 amide bonds. The van der Waals surface area contributed by atoms with Gasteiger partial charge in [-0.25, -0.2) is 4.98 Å². The molecule has 7 nitrogen and oxygen atoms in total. The van der Waals surface area contributed by atoms with E-state index >= 15 is 0 Å². The van der Waals surface area contributed by atoms with Crippen LogP contribution in [0.25, 0.3) is 0 Å². The minimum Gasteiger partial charge on any atom is -0.481 e. The van der Waals surface area contributed by atoms with Gasteiger partial charge in [0, 0.05) is 18.8 Å². The van der Waals surface area contributed by atoms with Crippen LogP contribution in [0.2, 0.25) is 5.02 Å². The highest BCUT2D eigenvalue weighted by atomic mass is 35.5. The van der Waals surface area contributed by atoms with Gasteiger partial charge in [0.2, 0.25) is 5.82 Å². The molecule has 20 heavy (non-hydrogen) atoms. The summed E-state index contributed by atoms with van der Waals surface area (Å²) in [6.07, 6.45) is 4.13. The van der Waals surface area contributed by atoms with Crippen LogP contribution in [0.3, 0.4) is 0 Å². The summed E-state index contributed by atoms with van der Waals surface area (Å²) in [5, 5.41) is 23.2. The average molecular weight is 300 g/mol. The van der Waals surface area contributed by atoms with Gasteiger partial charge in [0.25, 0.3) is 0 Å². The number of rotatable bonds is 5. The van der Waals surface area contributed by atoms with Gasteiger partial charge in [-0.15, -0.1) is 0 Å². The van der Waals surface area contributed by atoms with Crippen molar-refractivity contribution in [1.29, 1.82) is 0 Å². The zero-order valence-corrected chi connectivity index (χ0v) is 11.4. The first-order valence-electron chi connectivity index (χ1n) is 6.22. The molecule has 0 atom stereocenters. The van der Waals surface area contributed by atoms with E-state index in [9.17, 15) is 20.0 Å². The molecular weight excluding hydrogens is 286 g/mol. The van der Waals surface area contributed by atoms with Crippen molar-refractivity contribution in [2.24, 2.45) is 5.41 Å². The second kappa shape index (κ2) is 5.62. The number of hydrogen-bond acceptors (Lipinski definition) is 5. The second-order valence-electron chi connectivity index (χ2n) is 4.92. The molecule has 2 N–H and O–H groups in total. The number of aliphatic carboxylic acids is 1. The van der Waals surface area contributed by atoms with Crippen molar-refractivity contribution in [1.82, 2.24) is 4.98 Å². The lowest BCUT2D eigenvalue weighted by atomic mass is 9.86. The van der Waals surface area contributed by atoms with Crippen molar-refractivity contribution in [2.45, 2.75) is 25.7 Å². The maximum atomic E-state index is 11.4. The quantitative estimate of drug-likeness (QED) is 0.639. The standard InChI is InChI=1S/C12H14ClN3O4/c13-8-5-9(16(19)20)10(14-6-8)15-7-12(11(17)18)3-1-2-4-12/h5-6H,1-4,7H2,(H,14,15)(H,17,18). The van der Waals surface area contributed by atoms with Gasteiger partial charge in [0.15, 0.2) is 0 Å². The van der Waals surface area contributed by atoms with Gasteiger partial charge in [0.1, 0.15) is 0 Å². The normalized spacial score (nSPS) is 16.9. The molecule has 1 aliphatic carbocycles. The number of hydrogen-bond donors (Lipinski definition) is 2. The zero-order valence-electron chi connectivity index (χ0n) is 10.6. The maximum absolute atomic E-state index is 11.4. The number of carboxylic acid groups (broad SMARTS) is 1. The first-order valence-corrected chi connectivity index (χ1v) is 6.60. The predicted molar refractivity (Wildman–Crippen MR) is 72.9 cm³/mol. The third-order valence-corrected chi connectivity index (χ3v) is 3.85. The van der Waals surface area contributed by atoms with E-state index in [0.717, 1.165) is 12.8 Å². The number of nitro groups is 1. The fourth-order valence-electron chi connectivity index (χ4n) is 2.47. The van der Waals surface area contributed by atoms with E-state index in [1.54, 1.807) is 0 Å². The highest BCUT2D eigenvalue weighted by Gasteiger charge is 2.41. The Labute approximate surface area is 120 Å². The Morgan fingerprint density at radius 2 is 2.20 bits per heavy atom. The van der Waals surface area contributed by atoms with Crippen LogP contribution in [-0.2, 0) is 4.79 Å². The lowest BCUT2D eigenvalue weighted by molar-refractivity contribution is -0.384. The van der Waals surface area contributed by atoms with Crippen LogP contribution in [-0.4, -0.2) is 27.5 Å². The van der Waals surface area contributed by atoms with Crippen LogP contribution in [0.15, 0.2) is 12.3 Å². The van der Waals surface area contributed by atoms with E-state index in [1.165, 1.54) is 12.3 Å². The summed E-state index contributed by atoms with van der Waals surface area (Å²) < 4.78 is 0. The smallest absolute Gasteiger partial charge is 0.312 e. The predicted octanol–water partition coefficient (Wildman–Crippen LogP) is 2.70. The molecule has 2 rings (SSSR count). The highest BCUT2D eigenvalue weighted by molar-refractivity contribution is 6.30. The molecule has 1 fully saturated rings.